The molecular formula is C16H16Cl2FN. The summed E-state index contributed by atoms with van der Waals surface area (Å²) in [7, 11) is 0. The molecule has 1 unspecified atom stereocenters. The Morgan fingerprint density at radius 3 is 2.45 bits per heavy atom. The summed E-state index contributed by atoms with van der Waals surface area (Å²) >= 11 is 12.0. The quantitative estimate of drug-likeness (QED) is 0.779. The molecule has 1 atom stereocenters. The van der Waals surface area contributed by atoms with Gasteiger partial charge >= 0.3 is 0 Å². The lowest BCUT2D eigenvalue weighted by Gasteiger charge is -2.17. The third kappa shape index (κ3) is 4.20. The second-order valence-corrected chi connectivity index (χ2v) is 5.34. The summed E-state index contributed by atoms with van der Waals surface area (Å²) in [4.78, 5) is 0. The molecule has 0 bridgehead atoms. The van der Waals surface area contributed by atoms with Crippen molar-refractivity contribution in [1.29, 1.82) is 0 Å². The van der Waals surface area contributed by atoms with Gasteiger partial charge in [0.15, 0.2) is 0 Å². The van der Waals surface area contributed by atoms with Crippen molar-refractivity contribution in [3.8, 4) is 0 Å². The van der Waals surface area contributed by atoms with E-state index in [0.717, 1.165) is 6.42 Å². The van der Waals surface area contributed by atoms with Crippen LogP contribution < -0.4 is 5.32 Å². The van der Waals surface area contributed by atoms with E-state index in [1.54, 1.807) is 12.1 Å². The molecule has 1 nitrogen and oxygen atoms in total. The molecule has 106 valence electrons. The van der Waals surface area contributed by atoms with Crippen molar-refractivity contribution >= 4 is 23.2 Å². The van der Waals surface area contributed by atoms with Crippen molar-refractivity contribution in [2.24, 2.45) is 0 Å². The Kier molecular flexibility index (Phi) is 5.84. The Morgan fingerprint density at radius 2 is 1.80 bits per heavy atom. The van der Waals surface area contributed by atoms with Crippen LogP contribution in [-0.2, 0) is 13.0 Å². The van der Waals surface area contributed by atoms with Crippen molar-refractivity contribution < 1.29 is 4.39 Å². The summed E-state index contributed by atoms with van der Waals surface area (Å²) in [6.45, 7) is 0.371. The highest BCUT2D eigenvalue weighted by Crippen LogP contribution is 2.19. The fourth-order valence-electron chi connectivity index (χ4n) is 2.03. The van der Waals surface area contributed by atoms with E-state index in [9.17, 15) is 4.39 Å². The number of alkyl halides is 1. The largest absolute Gasteiger partial charge is 0.308 e. The van der Waals surface area contributed by atoms with E-state index >= 15 is 0 Å². The molecule has 0 spiro atoms. The first-order valence-electron chi connectivity index (χ1n) is 6.47. The van der Waals surface area contributed by atoms with E-state index in [0.29, 0.717) is 23.0 Å². The lowest BCUT2D eigenvalue weighted by molar-refractivity contribution is 0.529. The summed E-state index contributed by atoms with van der Waals surface area (Å²) in [5.41, 5.74) is 1.68. The highest BCUT2D eigenvalue weighted by atomic mass is 35.5. The number of rotatable bonds is 6. The van der Waals surface area contributed by atoms with E-state index in [2.05, 4.69) is 17.4 Å². The summed E-state index contributed by atoms with van der Waals surface area (Å²) < 4.78 is 13.7. The molecule has 2 aromatic rings. The molecule has 20 heavy (non-hydrogen) atoms. The van der Waals surface area contributed by atoms with Gasteiger partial charge in [-0.15, -0.1) is 11.6 Å². The van der Waals surface area contributed by atoms with Crippen LogP contribution >= 0.6 is 23.2 Å². The molecule has 0 radical (unpaired) electrons. The summed E-state index contributed by atoms with van der Waals surface area (Å²) in [5, 5.41) is 3.70. The van der Waals surface area contributed by atoms with Crippen LogP contribution in [0.15, 0.2) is 48.5 Å². The van der Waals surface area contributed by atoms with Gasteiger partial charge in [0.05, 0.1) is 0 Å². The molecule has 0 saturated carbocycles. The van der Waals surface area contributed by atoms with Gasteiger partial charge in [0, 0.05) is 29.1 Å². The van der Waals surface area contributed by atoms with Crippen molar-refractivity contribution in [3.05, 3.63) is 70.5 Å². The predicted molar refractivity (Wildman–Crippen MR) is 82.9 cm³/mol. The van der Waals surface area contributed by atoms with Gasteiger partial charge in [0.25, 0.3) is 0 Å². The van der Waals surface area contributed by atoms with Crippen molar-refractivity contribution in [1.82, 2.24) is 5.32 Å². The van der Waals surface area contributed by atoms with E-state index in [-0.39, 0.29) is 11.9 Å². The van der Waals surface area contributed by atoms with Crippen LogP contribution in [0, 0.1) is 5.82 Å². The molecular weight excluding hydrogens is 296 g/mol. The number of halogens is 3. The molecule has 0 aromatic heterocycles. The second-order valence-electron chi connectivity index (χ2n) is 4.62. The zero-order valence-electron chi connectivity index (χ0n) is 11.0. The lowest BCUT2D eigenvalue weighted by Crippen LogP contribution is -2.32. The third-order valence-corrected chi connectivity index (χ3v) is 3.87. The minimum absolute atomic E-state index is 0.0785. The molecule has 0 aliphatic carbocycles. The summed E-state index contributed by atoms with van der Waals surface area (Å²) in [6.07, 6.45) is 0.802. The molecule has 0 aliphatic heterocycles. The Bertz CT molecular complexity index is 525. The molecule has 2 rings (SSSR count). The monoisotopic (exact) mass is 311 g/mol. The van der Waals surface area contributed by atoms with E-state index in [1.165, 1.54) is 11.6 Å². The van der Waals surface area contributed by atoms with Crippen molar-refractivity contribution in [3.63, 3.8) is 0 Å². The number of hydrogen-bond acceptors (Lipinski definition) is 1. The minimum atomic E-state index is -0.293. The van der Waals surface area contributed by atoms with Gasteiger partial charge in [0.1, 0.15) is 5.82 Å². The Hall–Kier alpha value is -1.09. The number of benzene rings is 2. The van der Waals surface area contributed by atoms with Gasteiger partial charge in [0.2, 0.25) is 0 Å². The minimum Gasteiger partial charge on any atom is -0.308 e. The van der Waals surface area contributed by atoms with Crippen molar-refractivity contribution in [2.45, 2.75) is 19.0 Å². The van der Waals surface area contributed by atoms with Gasteiger partial charge < -0.3 is 5.32 Å². The smallest absolute Gasteiger partial charge is 0.129 e. The first-order chi connectivity index (χ1) is 9.70. The number of hydrogen-bond donors (Lipinski definition) is 1. The summed E-state index contributed by atoms with van der Waals surface area (Å²) in [6, 6.07) is 14.9. The zero-order chi connectivity index (χ0) is 14.4. The maximum Gasteiger partial charge on any atom is 0.129 e. The molecule has 0 amide bonds. The predicted octanol–water partition coefficient (Wildman–Crippen LogP) is 4.42. The average molecular weight is 312 g/mol. The first-order valence-corrected chi connectivity index (χ1v) is 7.38. The fourth-order valence-corrected chi connectivity index (χ4v) is 2.48. The Balaban J connectivity index is 1.97. The standard InChI is InChI=1S/C16H16Cl2FN/c17-10-13(9-12-5-2-1-3-6-12)20-11-14-15(18)7-4-8-16(14)19/h1-8,13,20H,9-11H2. The van der Waals surface area contributed by atoms with Crippen LogP contribution in [0.1, 0.15) is 11.1 Å². The van der Waals surface area contributed by atoms with Crippen LogP contribution in [0.25, 0.3) is 0 Å². The third-order valence-electron chi connectivity index (χ3n) is 3.14. The SMILES string of the molecule is Fc1cccc(Cl)c1CNC(CCl)Cc1ccccc1. The van der Waals surface area contributed by atoms with E-state index < -0.39 is 0 Å². The molecule has 0 saturated heterocycles. The van der Waals surface area contributed by atoms with Crippen LogP contribution in [0.4, 0.5) is 4.39 Å². The molecule has 1 N–H and O–H groups in total. The fraction of sp³-hybridized carbons (Fsp3) is 0.250. The van der Waals surface area contributed by atoms with Crippen molar-refractivity contribution in [2.75, 3.05) is 5.88 Å². The highest BCUT2D eigenvalue weighted by molar-refractivity contribution is 6.31. The molecule has 0 heterocycles. The van der Waals surface area contributed by atoms with Crippen LogP contribution in [-0.4, -0.2) is 11.9 Å². The van der Waals surface area contributed by atoms with E-state index in [1.807, 2.05) is 18.2 Å². The van der Waals surface area contributed by atoms with Crippen LogP contribution in [0.2, 0.25) is 5.02 Å². The normalized spacial score (nSPS) is 12.3. The van der Waals surface area contributed by atoms with Gasteiger partial charge in [-0.2, -0.15) is 0 Å². The van der Waals surface area contributed by atoms with Gasteiger partial charge in [-0.25, -0.2) is 4.39 Å². The highest BCUT2D eigenvalue weighted by Gasteiger charge is 2.11. The lowest BCUT2D eigenvalue weighted by atomic mass is 10.1. The Labute approximate surface area is 128 Å². The average Bonchev–Trinajstić information content (AvgIpc) is 2.46. The second kappa shape index (κ2) is 7.63. The molecule has 2 aromatic carbocycles. The molecule has 4 heteroatoms. The zero-order valence-corrected chi connectivity index (χ0v) is 12.5. The van der Waals surface area contributed by atoms with Crippen LogP contribution in [0.3, 0.4) is 0 Å². The number of nitrogens with one attached hydrogen (secondary N) is 1. The molecule has 0 fully saturated rings. The van der Waals surface area contributed by atoms with E-state index in [4.69, 9.17) is 23.2 Å². The first kappa shape index (κ1) is 15.3. The maximum atomic E-state index is 13.7. The topological polar surface area (TPSA) is 12.0 Å². The molecule has 0 aliphatic rings. The van der Waals surface area contributed by atoms with Gasteiger partial charge in [-0.3, -0.25) is 0 Å². The Morgan fingerprint density at radius 1 is 1.05 bits per heavy atom. The van der Waals surface area contributed by atoms with Gasteiger partial charge in [-0.05, 0) is 24.1 Å². The van der Waals surface area contributed by atoms with Gasteiger partial charge in [-0.1, -0.05) is 48.0 Å². The van der Waals surface area contributed by atoms with Crippen LogP contribution in [0.5, 0.6) is 0 Å². The maximum absolute atomic E-state index is 13.7. The summed E-state index contributed by atoms with van der Waals surface area (Å²) in [5.74, 6) is 0.166.